The topological polar surface area (TPSA) is 131 Å². The summed E-state index contributed by atoms with van der Waals surface area (Å²) < 4.78 is 5.18. The molecule has 0 aliphatic carbocycles. The highest BCUT2D eigenvalue weighted by atomic mass is 16.6. The number of rotatable bonds is 10. The number of carbonyl (C=O) groups is 2. The number of nitro groups is 1. The summed E-state index contributed by atoms with van der Waals surface area (Å²) in [6.45, 7) is 5.75. The molecule has 0 aromatic heterocycles. The normalized spacial score (nSPS) is 11.4. The van der Waals surface area contributed by atoms with Crippen molar-refractivity contribution < 1.29 is 24.4 Å². The van der Waals surface area contributed by atoms with Gasteiger partial charge in [-0.15, -0.1) is 6.58 Å². The number of nitrogens with one attached hydrogen (secondary N) is 2. The molecule has 3 N–H and O–H groups in total. The summed E-state index contributed by atoms with van der Waals surface area (Å²) in [5.74, 6) is -1.56. The summed E-state index contributed by atoms with van der Waals surface area (Å²) in [6.07, 6.45) is 1.08. The molecule has 0 heterocycles. The molecular weight excluding hydrogens is 318 g/mol. The zero-order valence-corrected chi connectivity index (χ0v) is 13.2. The van der Waals surface area contributed by atoms with Crippen molar-refractivity contribution in [3.8, 4) is 5.75 Å². The Morgan fingerprint density at radius 3 is 2.75 bits per heavy atom. The smallest absolute Gasteiger partial charge is 0.321 e. The van der Waals surface area contributed by atoms with Crippen LogP contribution in [0.4, 0.5) is 11.4 Å². The Morgan fingerprint density at radius 1 is 1.50 bits per heavy atom. The average molecular weight is 337 g/mol. The van der Waals surface area contributed by atoms with E-state index in [1.165, 1.54) is 24.3 Å². The minimum absolute atomic E-state index is 0.0266. The van der Waals surface area contributed by atoms with Crippen molar-refractivity contribution in [2.24, 2.45) is 0 Å². The van der Waals surface area contributed by atoms with E-state index in [0.717, 1.165) is 0 Å². The lowest BCUT2D eigenvalue weighted by atomic mass is 10.2. The molecule has 1 rings (SSSR count). The summed E-state index contributed by atoms with van der Waals surface area (Å²) in [7, 11) is 0. The molecule has 1 unspecified atom stereocenters. The molecule has 0 spiro atoms. The van der Waals surface area contributed by atoms with Crippen LogP contribution in [0.5, 0.6) is 5.75 Å². The molecule has 0 aliphatic heterocycles. The van der Waals surface area contributed by atoms with Crippen LogP contribution >= 0.6 is 0 Å². The molecule has 0 saturated heterocycles. The Balaban J connectivity index is 2.86. The van der Waals surface area contributed by atoms with Gasteiger partial charge in [0.05, 0.1) is 24.0 Å². The van der Waals surface area contributed by atoms with E-state index in [2.05, 4.69) is 17.2 Å². The van der Waals surface area contributed by atoms with E-state index in [1.54, 1.807) is 6.92 Å². The number of anilines is 1. The highest BCUT2D eigenvalue weighted by Crippen LogP contribution is 2.29. The van der Waals surface area contributed by atoms with E-state index in [-0.39, 0.29) is 24.3 Å². The van der Waals surface area contributed by atoms with Crippen LogP contribution in [0.3, 0.4) is 0 Å². The number of hydrogen-bond acceptors (Lipinski definition) is 6. The Labute approximate surface area is 138 Å². The number of nitro benzene ring substituents is 1. The molecule has 0 radical (unpaired) electrons. The average Bonchev–Trinajstić information content (AvgIpc) is 2.52. The number of nitrogens with zero attached hydrogens (tertiary/aromatic N) is 1. The van der Waals surface area contributed by atoms with Crippen LogP contribution in [-0.4, -0.2) is 41.1 Å². The van der Waals surface area contributed by atoms with Crippen molar-refractivity contribution in [1.82, 2.24) is 5.32 Å². The third-order valence-electron chi connectivity index (χ3n) is 2.95. The number of carboxylic acids is 1. The summed E-state index contributed by atoms with van der Waals surface area (Å²) in [4.78, 5) is 33.5. The van der Waals surface area contributed by atoms with Crippen LogP contribution in [-0.2, 0) is 9.59 Å². The number of hydrogen-bond donors (Lipinski definition) is 3. The second-order valence-corrected chi connectivity index (χ2v) is 4.71. The molecule has 0 bridgehead atoms. The Kier molecular flexibility index (Phi) is 7.37. The summed E-state index contributed by atoms with van der Waals surface area (Å²) in [5.41, 5.74) is -0.360. The van der Waals surface area contributed by atoms with Crippen molar-refractivity contribution in [1.29, 1.82) is 0 Å². The third-order valence-corrected chi connectivity index (χ3v) is 2.95. The number of ether oxygens (including phenoxy) is 1. The standard InChI is InChI=1S/C15H19N3O6/c1-3-7-16-12(15(20)21)9-14(19)17-11-6-5-10(24-4-2)8-13(11)18(22)23/h3,5-6,8,12,16H,1,4,7,9H2,2H3,(H,17,19)(H,20,21). The number of aliphatic carboxylic acids is 1. The molecule has 9 nitrogen and oxygen atoms in total. The first-order chi connectivity index (χ1) is 11.4. The van der Waals surface area contributed by atoms with Crippen molar-refractivity contribution in [2.75, 3.05) is 18.5 Å². The molecule has 0 fully saturated rings. The lowest BCUT2D eigenvalue weighted by molar-refractivity contribution is -0.384. The van der Waals surface area contributed by atoms with Gasteiger partial charge < -0.3 is 20.5 Å². The van der Waals surface area contributed by atoms with Gasteiger partial charge in [-0.2, -0.15) is 0 Å². The third kappa shape index (κ3) is 5.69. The molecule has 24 heavy (non-hydrogen) atoms. The van der Waals surface area contributed by atoms with E-state index < -0.39 is 22.8 Å². The second kappa shape index (κ2) is 9.26. The lowest BCUT2D eigenvalue weighted by Gasteiger charge is -2.13. The molecule has 1 aromatic rings. The summed E-state index contributed by atoms with van der Waals surface area (Å²) >= 11 is 0. The van der Waals surface area contributed by atoms with Crippen LogP contribution in [0.1, 0.15) is 13.3 Å². The van der Waals surface area contributed by atoms with E-state index in [1.807, 2.05) is 0 Å². The number of carboxylic acid groups (broad SMARTS) is 1. The van der Waals surface area contributed by atoms with Crippen LogP contribution < -0.4 is 15.4 Å². The minimum atomic E-state index is -1.20. The highest BCUT2D eigenvalue weighted by Gasteiger charge is 2.22. The number of amides is 1. The Morgan fingerprint density at radius 2 is 2.21 bits per heavy atom. The predicted molar refractivity (Wildman–Crippen MR) is 87.1 cm³/mol. The highest BCUT2D eigenvalue weighted by molar-refractivity contribution is 5.95. The summed E-state index contributed by atoms with van der Waals surface area (Å²) in [5, 5.41) is 25.1. The minimum Gasteiger partial charge on any atom is -0.494 e. The van der Waals surface area contributed by atoms with Gasteiger partial charge in [0, 0.05) is 6.54 Å². The van der Waals surface area contributed by atoms with Gasteiger partial charge in [-0.05, 0) is 19.1 Å². The van der Waals surface area contributed by atoms with Crippen molar-refractivity contribution >= 4 is 23.3 Å². The molecule has 0 aliphatic rings. The molecular formula is C15H19N3O6. The fraction of sp³-hybridized carbons (Fsp3) is 0.333. The Hall–Kier alpha value is -2.94. The first kappa shape index (κ1) is 19.1. The van der Waals surface area contributed by atoms with Gasteiger partial charge in [-0.1, -0.05) is 6.08 Å². The van der Waals surface area contributed by atoms with Crippen molar-refractivity contribution in [3.63, 3.8) is 0 Å². The van der Waals surface area contributed by atoms with E-state index in [0.29, 0.717) is 12.4 Å². The predicted octanol–water partition coefficient (Wildman–Crippen LogP) is 1.55. The molecule has 1 aromatic carbocycles. The molecule has 0 saturated carbocycles. The van der Waals surface area contributed by atoms with Crippen LogP contribution in [0.15, 0.2) is 30.9 Å². The van der Waals surface area contributed by atoms with Gasteiger partial charge in [-0.25, -0.2) is 0 Å². The van der Waals surface area contributed by atoms with E-state index in [4.69, 9.17) is 9.84 Å². The van der Waals surface area contributed by atoms with Crippen LogP contribution in [0.2, 0.25) is 0 Å². The van der Waals surface area contributed by atoms with Gasteiger partial charge in [-0.3, -0.25) is 19.7 Å². The zero-order valence-electron chi connectivity index (χ0n) is 13.2. The van der Waals surface area contributed by atoms with E-state index >= 15 is 0 Å². The monoisotopic (exact) mass is 337 g/mol. The van der Waals surface area contributed by atoms with Gasteiger partial charge in [0.25, 0.3) is 5.69 Å². The second-order valence-electron chi connectivity index (χ2n) is 4.71. The van der Waals surface area contributed by atoms with Gasteiger partial charge in [0.2, 0.25) is 5.91 Å². The first-order valence-electron chi connectivity index (χ1n) is 7.17. The fourth-order valence-electron chi connectivity index (χ4n) is 1.88. The lowest BCUT2D eigenvalue weighted by Crippen LogP contribution is -2.39. The number of carbonyl (C=O) groups excluding carboxylic acids is 1. The molecule has 1 amide bonds. The summed E-state index contributed by atoms with van der Waals surface area (Å²) in [6, 6.07) is 2.90. The molecule has 9 heteroatoms. The fourth-order valence-corrected chi connectivity index (χ4v) is 1.88. The maximum atomic E-state index is 12.0. The van der Waals surface area contributed by atoms with Crippen molar-refractivity contribution in [2.45, 2.75) is 19.4 Å². The van der Waals surface area contributed by atoms with Crippen molar-refractivity contribution in [3.05, 3.63) is 41.0 Å². The van der Waals surface area contributed by atoms with Gasteiger partial charge in [0.1, 0.15) is 17.5 Å². The zero-order chi connectivity index (χ0) is 18.1. The largest absolute Gasteiger partial charge is 0.494 e. The van der Waals surface area contributed by atoms with Gasteiger partial charge >= 0.3 is 5.97 Å². The quantitative estimate of drug-likeness (QED) is 0.335. The van der Waals surface area contributed by atoms with Crippen LogP contribution in [0, 0.1) is 10.1 Å². The molecule has 1 atom stereocenters. The molecule has 130 valence electrons. The van der Waals surface area contributed by atoms with E-state index in [9.17, 15) is 19.7 Å². The van der Waals surface area contributed by atoms with Gasteiger partial charge in [0.15, 0.2) is 0 Å². The SMILES string of the molecule is C=CCNC(CC(=O)Nc1ccc(OCC)cc1[N+](=O)[O-])C(=O)O. The Bertz CT molecular complexity index is 632. The van der Waals surface area contributed by atoms with Crippen LogP contribution in [0.25, 0.3) is 0 Å². The first-order valence-corrected chi connectivity index (χ1v) is 7.17. The number of benzene rings is 1. The maximum absolute atomic E-state index is 12.0. The maximum Gasteiger partial charge on any atom is 0.321 e.